The quantitative estimate of drug-likeness (QED) is 0.804. The standard InChI is InChI=1S/C15H24N4/c1-4-19(5-2)12(3)10-11-16-15-13-8-6-7-9-14(13)17-18-15/h6-9,12H,4-5,10-11H2,1-3H3,(H2,16,17,18). The molecule has 0 spiro atoms. The summed E-state index contributed by atoms with van der Waals surface area (Å²) in [6.07, 6.45) is 1.13. The summed E-state index contributed by atoms with van der Waals surface area (Å²) >= 11 is 0. The van der Waals surface area contributed by atoms with Crippen LogP contribution in [0.1, 0.15) is 27.2 Å². The summed E-state index contributed by atoms with van der Waals surface area (Å²) in [6, 6.07) is 8.81. The van der Waals surface area contributed by atoms with E-state index >= 15 is 0 Å². The molecule has 1 heterocycles. The van der Waals surface area contributed by atoms with Crippen LogP contribution in [-0.4, -0.2) is 40.8 Å². The van der Waals surface area contributed by atoms with Crippen molar-refractivity contribution in [1.29, 1.82) is 0 Å². The van der Waals surface area contributed by atoms with Crippen LogP contribution in [0.15, 0.2) is 24.3 Å². The Balaban J connectivity index is 1.89. The number of fused-ring (bicyclic) bond motifs is 1. The molecule has 2 aromatic rings. The number of anilines is 1. The van der Waals surface area contributed by atoms with E-state index in [0.29, 0.717) is 6.04 Å². The summed E-state index contributed by atoms with van der Waals surface area (Å²) in [7, 11) is 0. The van der Waals surface area contributed by atoms with E-state index in [1.165, 1.54) is 0 Å². The lowest BCUT2D eigenvalue weighted by molar-refractivity contribution is 0.224. The molecule has 0 aliphatic carbocycles. The summed E-state index contributed by atoms with van der Waals surface area (Å²) in [5.74, 6) is 0.961. The molecule has 4 nitrogen and oxygen atoms in total. The monoisotopic (exact) mass is 260 g/mol. The first-order valence-electron chi connectivity index (χ1n) is 7.17. The molecule has 1 atom stereocenters. The van der Waals surface area contributed by atoms with Crippen molar-refractivity contribution < 1.29 is 0 Å². The highest BCUT2D eigenvalue weighted by atomic mass is 15.2. The molecule has 1 aromatic heterocycles. The molecule has 0 saturated carbocycles. The SMILES string of the molecule is CCN(CC)C(C)CCNc1n[nH]c2ccccc12. The maximum Gasteiger partial charge on any atom is 0.155 e. The van der Waals surface area contributed by atoms with Gasteiger partial charge in [0.2, 0.25) is 0 Å². The number of aromatic amines is 1. The first-order chi connectivity index (χ1) is 9.26. The Morgan fingerprint density at radius 3 is 2.74 bits per heavy atom. The Bertz CT molecular complexity index is 502. The number of rotatable bonds is 7. The topological polar surface area (TPSA) is 44.0 Å². The molecule has 0 saturated heterocycles. The molecule has 19 heavy (non-hydrogen) atoms. The molecule has 4 heteroatoms. The van der Waals surface area contributed by atoms with E-state index in [1.54, 1.807) is 0 Å². The van der Waals surface area contributed by atoms with Gasteiger partial charge in [-0.3, -0.25) is 5.10 Å². The van der Waals surface area contributed by atoms with Gasteiger partial charge in [-0.1, -0.05) is 26.0 Å². The van der Waals surface area contributed by atoms with Crippen LogP contribution in [0.2, 0.25) is 0 Å². The van der Waals surface area contributed by atoms with Gasteiger partial charge in [-0.25, -0.2) is 0 Å². The van der Waals surface area contributed by atoms with Crippen LogP contribution in [0.3, 0.4) is 0 Å². The number of hydrogen-bond donors (Lipinski definition) is 2. The summed E-state index contributed by atoms with van der Waals surface area (Å²) in [5.41, 5.74) is 1.08. The summed E-state index contributed by atoms with van der Waals surface area (Å²) < 4.78 is 0. The predicted octanol–water partition coefficient (Wildman–Crippen LogP) is 3.10. The highest BCUT2D eigenvalue weighted by molar-refractivity contribution is 5.89. The molecule has 0 amide bonds. The molecule has 0 bridgehead atoms. The molecule has 1 unspecified atom stereocenters. The zero-order chi connectivity index (χ0) is 13.7. The Morgan fingerprint density at radius 1 is 1.26 bits per heavy atom. The summed E-state index contributed by atoms with van der Waals surface area (Å²) in [6.45, 7) is 9.90. The largest absolute Gasteiger partial charge is 0.368 e. The van der Waals surface area contributed by atoms with Crippen molar-refractivity contribution in [3.05, 3.63) is 24.3 Å². The van der Waals surface area contributed by atoms with E-state index in [0.717, 1.165) is 42.8 Å². The first kappa shape index (κ1) is 13.9. The molecule has 2 N–H and O–H groups in total. The average molecular weight is 260 g/mol. The molecule has 0 fully saturated rings. The molecule has 0 aliphatic rings. The van der Waals surface area contributed by atoms with Crippen LogP contribution in [-0.2, 0) is 0 Å². The van der Waals surface area contributed by atoms with Crippen LogP contribution >= 0.6 is 0 Å². The van der Waals surface area contributed by atoms with Gasteiger partial charge >= 0.3 is 0 Å². The van der Waals surface area contributed by atoms with E-state index in [4.69, 9.17) is 0 Å². The van der Waals surface area contributed by atoms with Crippen molar-refractivity contribution in [3.8, 4) is 0 Å². The third kappa shape index (κ3) is 3.26. The van der Waals surface area contributed by atoms with Crippen molar-refractivity contribution in [2.75, 3.05) is 25.0 Å². The van der Waals surface area contributed by atoms with Crippen LogP contribution < -0.4 is 5.32 Å². The minimum Gasteiger partial charge on any atom is -0.368 e. The minimum atomic E-state index is 0.604. The Labute approximate surface area is 115 Å². The van der Waals surface area contributed by atoms with Gasteiger partial charge in [-0.05, 0) is 38.6 Å². The van der Waals surface area contributed by atoms with Crippen molar-refractivity contribution in [2.24, 2.45) is 0 Å². The molecule has 0 radical (unpaired) electrons. The number of hydrogen-bond acceptors (Lipinski definition) is 3. The fourth-order valence-electron chi connectivity index (χ4n) is 2.53. The minimum absolute atomic E-state index is 0.604. The highest BCUT2D eigenvalue weighted by Gasteiger charge is 2.10. The molecular weight excluding hydrogens is 236 g/mol. The third-order valence-electron chi connectivity index (χ3n) is 3.76. The summed E-state index contributed by atoms with van der Waals surface area (Å²) in [4.78, 5) is 2.48. The van der Waals surface area contributed by atoms with Crippen LogP contribution in [0.25, 0.3) is 10.9 Å². The second-order valence-electron chi connectivity index (χ2n) is 4.90. The van der Waals surface area contributed by atoms with Crippen molar-refractivity contribution in [3.63, 3.8) is 0 Å². The lowest BCUT2D eigenvalue weighted by Gasteiger charge is -2.26. The smallest absolute Gasteiger partial charge is 0.155 e. The average Bonchev–Trinajstić information content (AvgIpc) is 2.84. The van der Waals surface area contributed by atoms with E-state index in [-0.39, 0.29) is 0 Å². The fraction of sp³-hybridized carbons (Fsp3) is 0.533. The molecule has 104 valence electrons. The number of nitrogens with one attached hydrogen (secondary N) is 2. The van der Waals surface area contributed by atoms with Crippen LogP contribution in [0, 0.1) is 0 Å². The maximum absolute atomic E-state index is 4.33. The van der Waals surface area contributed by atoms with Gasteiger partial charge in [-0.15, -0.1) is 0 Å². The van der Waals surface area contributed by atoms with Crippen LogP contribution in [0.4, 0.5) is 5.82 Å². The first-order valence-corrected chi connectivity index (χ1v) is 7.17. The van der Waals surface area contributed by atoms with E-state index in [9.17, 15) is 0 Å². The summed E-state index contributed by atoms with van der Waals surface area (Å²) in [5, 5.41) is 12.0. The van der Waals surface area contributed by atoms with Gasteiger partial charge in [0.05, 0.1) is 5.52 Å². The van der Waals surface area contributed by atoms with Crippen molar-refractivity contribution >= 4 is 16.7 Å². The number of nitrogens with zero attached hydrogens (tertiary/aromatic N) is 2. The molecule has 1 aromatic carbocycles. The van der Waals surface area contributed by atoms with E-state index < -0.39 is 0 Å². The third-order valence-corrected chi connectivity index (χ3v) is 3.76. The van der Waals surface area contributed by atoms with Gasteiger partial charge in [0.1, 0.15) is 0 Å². The van der Waals surface area contributed by atoms with Gasteiger partial charge in [0.25, 0.3) is 0 Å². The second kappa shape index (κ2) is 6.57. The number of aromatic nitrogens is 2. The fourth-order valence-corrected chi connectivity index (χ4v) is 2.53. The Kier molecular flexibility index (Phi) is 4.80. The van der Waals surface area contributed by atoms with Gasteiger partial charge in [-0.2, -0.15) is 5.10 Å². The normalized spacial score (nSPS) is 13.1. The van der Waals surface area contributed by atoms with Gasteiger partial charge < -0.3 is 10.2 Å². The highest BCUT2D eigenvalue weighted by Crippen LogP contribution is 2.19. The number of benzene rings is 1. The van der Waals surface area contributed by atoms with E-state index in [2.05, 4.69) is 47.3 Å². The number of para-hydroxylation sites is 1. The second-order valence-corrected chi connectivity index (χ2v) is 4.90. The van der Waals surface area contributed by atoms with Gasteiger partial charge in [0, 0.05) is 18.0 Å². The van der Waals surface area contributed by atoms with E-state index in [1.807, 2.05) is 18.2 Å². The number of H-pyrrole nitrogens is 1. The lowest BCUT2D eigenvalue weighted by Crippen LogP contribution is -2.34. The zero-order valence-electron chi connectivity index (χ0n) is 12.1. The predicted molar refractivity (Wildman–Crippen MR) is 81.6 cm³/mol. The van der Waals surface area contributed by atoms with Crippen molar-refractivity contribution in [2.45, 2.75) is 33.2 Å². The van der Waals surface area contributed by atoms with Crippen LogP contribution in [0.5, 0.6) is 0 Å². The lowest BCUT2D eigenvalue weighted by atomic mass is 10.2. The molecule has 2 rings (SSSR count). The molecular formula is C15H24N4. The van der Waals surface area contributed by atoms with Crippen molar-refractivity contribution in [1.82, 2.24) is 15.1 Å². The molecule has 0 aliphatic heterocycles. The Morgan fingerprint density at radius 2 is 2.00 bits per heavy atom. The maximum atomic E-state index is 4.33. The Hall–Kier alpha value is -1.55. The zero-order valence-corrected chi connectivity index (χ0v) is 12.1. The van der Waals surface area contributed by atoms with Gasteiger partial charge in [0.15, 0.2) is 5.82 Å².